The largest absolute Gasteiger partial charge is 0.344 e. The first-order valence-electron chi connectivity index (χ1n) is 8.54. The van der Waals surface area contributed by atoms with Crippen LogP contribution in [0.25, 0.3) is 10.8 Å². The summed E-state index contributed by atoms with van der Waals surface area (Å²) in [5.41, 5.74) is 2.65. The molecule has 3 heteroatoms. The van der Waals surface area contributed by atoms with Gasteiger partial charge in [0.15, 0.2) is 12.4 Å². The van der Waals surface area contributed by atoms with Crippen molar-refractivity contribution in [3.05, 3.63) is 78.1 Å². The van der Waals surface area contributed by atoms with E-state index in [2.05, 4.69) is 47.8 Å². The number of carbonyl (C=O) groups excluding carboxylic acids is 1. The van der Waals surface area contributed by atoms with Gasteiger partial charge in [-0.25, -0.2) is 0 Å². The molecule has 0 aliphatic heterocycles. The van der Waals surface area contributed by atoms with Gasteiger partial charge in [0, 0.05) is 11.5 Å². The Kier molecular flexibility index (Phi) is 3.99. The smallest absolute Gasteiger partial charge is 0.286 e. The summed E-state index contributed by atoms with van der Waals surface area (Å²) in [6.45, 7) is 0.351. The SMILES string of the molecule is O=C(C[n+]1ccc2ccccc2c1)NC1CCCc2ccccc21. The highest BCUT2D eigenvalue weighted by Crippen LogP contribution is 2.29. The van der Waals surface area contributed by atoms with Gasteiger partial charge >= 0.3 is 0 Å². The Morgan fingerprint density at radius 3 is 2.75 bits per heavy atom. The summed E-state index contributed by atoms with van der Waals surface area (Å²) in [4.78, 5) is 12.5. The Labute approximate surface area is 141 Å². The molecule has 1 unspecified atom stereocenters. The molecular weight excluding hydrogens is 296 g/mol. The van der Waals surface area contributed by atoms with Gasteiger partial charge in [-0.05, 0) is 41.8 Å². The zero-order valence-electron chi connectivity index (χ0n) is 13.6. The van der Waals surface area contributed by atoms with Gasteiger partial charge in [0.05, 0.1) is 6.04 Å². The lowest BCUT2D eigenvalue weighted by atomic mass is 9.88. The summed E-state index contributed by atoms with van der Waals surface area (Å²) >= 11 is 0. The van der Waals surface area contributed by atoms with Crippen LogP contribution in [0.2, 0.25) is 0 Å². The van der Waals surface area contributed by atoms with Gasteiger partial charge < -0.3 is 5.32 Å². The molecule has 0 saturated carbocycles. The van der Waals surface area contributed by atoms with Crippen LogP contribution < -0.4 is 9.88 Å². The predicted molar refractivity (Wildman–Crippen MR) is 94.4 cm³/mol. The number of nitrogens with zero attached hydrogens (tertiary/aromatic N) is 1. The van der Waals surface area contributed by atoms with Crippen LogP contribution in [-0.4, -0.2) is 5.91 Å². The molecule has 4 rings (SSSR count). The van der Waals surface area contributed by atoms with Gasteiger partial charge in [0.1, 0.15) is 0 Å². The van der Waals surface area contributed by atoms with Gasteiger partial charge in [0.25, 0.3) is 5.91 Å². The Balaban J connectivity index is 1.48. The van der Waals surface area contributed by atoms with E-state index in [9.17, 15) is 4.79 Å². The third kappa shape index (κ3) is 3.02. The van der Waals surface area contributed by atoms with E-state index in [1.807, 2.05) is 29.1 Å². The normalized spacial score (nSPS) is 16.6. The summed E-state index contributed by atoms with van der Waals surface area (Å²) in [5.74, 6) is 0.0667. The number of hydrogen-bond acceptors (Lipinski definition) is 1. The van der Waals surface area contributed by atoms with Crippen molar-refractivity contribution in [1.29, 1.82) is 0 Å². The van der Waals surface area contributed by atoms with E-state index < -0.39 is 0 Å². The summed E-state index contributed by atoms with van der Waals surface area (Å²) in [6, 6.07) is 18.8. The highest BCUT2D eigenvalue weighted by atomic mass is 16.2. The van der Waals surface area contributed by atoms with Crippen LogP contribution in [-0.2, 0) is 17.8 Å². The topological polar surface area (TPSA) is 33.0 Å². The third-order valence-electron chi connectivity index (χ3n) is 4.78. The first kappa shape index (κ1) is 14.9. The fourth-order valence-electron chi connectivity index (χ4n) is 3.59. The number of pyridine rings is 1. The van der Waals surface area contributed by atoms with Crippen LogP contribution in [0.1, 0.15) is 30.0 Å². The fourth-order valence-corrected chi connectivity index (χ4v) is 3.59. The van der Waals surface area contributed by atoms with E-state index in [0.29, 0.717) is 6.54 Å². The number of aryl methyl sites for hydroxylation is 1. The van der Waals surface area contributed by atoms with Crippen molar-refractivity contribution < 1.29 is 9.36 Å². The summed E-state index contributed by atoms with van der Waals surface area (Å²) in [5, 5.41) is 5.55. The van der Waals surface area contributed by atoms with Crippen LogP contribution in [0.15, 0.2) is 67.0 Å². The first-order valence-corrected chi connectivity index (χ1v) is 8.54. The Bertz CT molecular complexity index is 888. The molecule has 1 aliphatic carbocycles. The molecule has 2 aromatic carbocycles. The van der Waals surface area contributed by atoms with Crippen LogP contribution in [0.5, 0.6) is 0 Å². The van der Waals surface area contributed by atoms with Crippen LogP contribution in [0, 0.1) is 0 Å². The molecule has 0 fully saturated rings. The molecule has 1 amide bonds. The van der Waals surface area contributed by atoms with Crippen molar-refractivity contribution in [2.24, 2.45) is 0 Å². The molecule has 0 radical (unpaired) electrons. The lowest BCUT2D eigenvalue weighted by molar-refractivity contribution is -0.683. The number of carbonyl (C=O) groups is 1. The zero-order chi connectivity index (χ0) is 16.4. The van der Waals surface area contributed by atoms with Crippen molar-refractivity contribution >= 4 is 16.7 Å². The third-order valence-corrected chi connectivity index (χ3v) is 4.78. The number of fused-ring (bicyclic) bond motifs is 2. The molecule has 24 heavy (non-hydrogen) atoms. The van der Waals surface area contributed by atoms with Crippen molar-refractivity contribution in [2.45, 2.75) is 31.8 Å². The number of benzene rings is 2. The van der Waals surface area contributed by atoms with Gasteiger partial charge in [-0.1, -0.05) is 42.5 Å². The summed E-state index contributed by atoms with van der Waals surface area (Å²) in [7, 11) is 0. The summed E-state index contributed by atoms with van der Waals surface area (Å²) in [6.07, 6.45) is 7.26. The first-order chi connectivity index (χ1) is 11.8. The van der Waals surface area contributed by atoms with Gasteiger partial charge in [-0.2, -0.15) is 4.57 Å². The van der Waals surface area contributed by atoms with Gasteiger partial charge in [0.2, 0.25) is 6.54 Å². The van der Waals surface area contributed by atoms with E-state index in [-0.39, 0.29) is 11.9 Å². The number of amides is 1. The second kappa shape index (κ2) is 6.44. The Morgan fingerprint density at radius 1 is 1.04 bits per heavy atom. The molecule has 0 spiro atoms. The monoisotopic (exact) mass is 317 g/mol. The second-order valence-electron chi connectivity index (χ2n) is 6.46. The standard InChI is InChI=1S/C21H20N2O/c24-21(15-23-13-12-16-6-1-2-8-18(16)14-23)22-20-11-5-9-17-7-3-4-10-19(17)20/h1-4,6-8,10,12-14,20H,5,9,11,15H2/p+1. The van der Waals surface area contributed by atoms with E-state index in [4.69, 9.17) is 0 Å². The maximum atomic E-state index is 12.5. The Morgan fingerprint density at radius 2 is 1.83 bits per heavy atom. The number of rotatable bonds is 3. The van der Waals surface area contributed by atoms with Crippen LogP contribution >= 0.6 is 0 Å². The van der Waals surface area contributed by atoms with Gasteiger partial charge in [-0.3, -0.25) is 4.79 Å². The van der Waals surface area contributed by atoms with Gasteiger partial charge in [-0.15, -0.1) is 0 Å². The average Bonchev–Trinajstić information content (AvgIpc) is 2.62. The quantitative estimate of drug-likeness (QED) is 0.739. The number of aromatic nitrogens is 1. The van der Waals surface area contributed by atoms with E-state index in [1.165, 1.54) is 16.5 Å². The highest BCUT2D eigenvalue weighted by molar-refractivity contribution is 5.80. The maximum Gasteiger partial charge on any atom is 0.286 e. The molecule has 1 aromatic heterocycles. The highest BCUT2D eigenvalue weighted by Gasteiger charge is 2.22. The second-order valence-corrected chi connectivity index (χ2v) is 6.46. The van der Waals surface area contributed by atoms with Crippen LogP contribution in [0.4, 0.5) is 0 Å². The molecule has 0 bridgehead atoms. The number of hydrogen-bond donors (Lipinski definition) is 1. The maximum absolute atomic E-state index is 12.5. The Hall–Kier alpha value is -2.68. The number of nitrogens with one attached hydrogen (secondary N) is 1. The lowest BCUT2D eigenvalue weighted by Gasteiger charge is -2.25. The molecule has 3 nitrogen and oxygen atoms in total. The van der Waals surface area contributed by atoms with Crippen LogP contribution in [0.3, 0.4) is 0 Å². The van der Waals surface area contributed by atoms with Crippen molar-refractivity contribution in [3.8, 4) is 0 Å². The molecular formula is C21H21N2O+. The lowest BCUT2D eigenvalue weighted by Crippen LogP contribution is -2.43. The summed E-state index contributed by atoms with van der Waals surface area (Å²) < 4.78 is 1.95. The average molecular weight is 317 g/mol. The molecule has 120 valence electrons. The van der Waals surface area contributed by atoms with E-state index in [1.54, 1.807) is 0 Å². The zero-order valence-corrected chi connectivity index (χ0v) is 13.6. The van der Waals surface area contributed by atoms with Crippen molar-refractivity contribution in [1.82, 2.24) is 5.32 Å². The molecule has 1 atom stereocenters. The predicted octanol–water partition coefficient (Wildman–Crippen LogP) is 3.32. The minimum atomic E-state index is 0.0667. The minimum Gasteiger partial charge on any atom is -0.344 e. The molecule has 1 aliphatic rings. The molecule has 3 aromatic rings. The molecule has 0 saturated heterocycles. The molecule has 1 heterocycles. The molecule has 1 N–H and O–H groups in total. The fraction of sp³-hybridized carbons (Fsp3) is 0.238. The van der Waals surface area contributed by atoms with E-state index >= 15 is 0 Å². The van der Waals surface area contributed by atoms with E-state index in [0.717, 1.165) is 24.6 Å². The van der Waals surface area contributed by atoms with Crippen molar-refractivity contribution in [2.75, 3.05) is 0 Å². The minimum absolute atomic E-state index is 0.0667. The van der Waals surface area contributed by atoms with Crippen molar-refractivity contribution in [3.63, 3.8) is 0 Å².